The van der Waals surface area contributed by atoms with E-state index in [0.717, 1.165) is 11.1 Å². The molecular weight excluding hydrogens is 321 g/mol. The standard InChI is InChI=1S/C17H19F3N2O2/c1-10-6-11(2)14-13(7-10)22(16(24)15(14)23)9-21-5-3-4-12(8-21)17(18,19)20/h6-7,12H,3-5,8-9H2,1-2H3. The molecule has 0 aromatic heterocycles. The molecule has 0 saturated carbocycles. The lowest BCUT2D eigenvalue weighted by molar-refractivity contribution is -0.186. The zero-order chi connectivity index (χ0) is 17.6. The van der Waals surface area contributed by atoms with Gasteiger partial charge in [0.05, 0.1) is 23.8 Å². The molecule has 1 unspecified atom stereocenters. The minimum absolute atomic E-state index is 0.0209. The van der Waals surface area contributed by atoms with Gasteiger partial charge in [-0.1, -0.05) is 6.07 Å². The number of rotatable bonds is 2. The molecule has 7 heteroatoms. The second-order valence-electron chi connectivity index (χ2n) is 6.64. The molecule has 2 heterocycles. The first-order valence-corrected chi connectivity index (χ1v) is 7.95. The summed E-state index contributed by atoms with van der Waals surface area (Å²) in [5, 5.41) is 0. The molecule has 0 bridgehead atoms. The van der Waals surface area contributed by atoms with Gasteiger partial charge in [-0.25, -0.2) is 0 Å². The Morgan fingerprint density at radius 1 is 1.21 bits per heavy atom. The number of fused-ring (bicyclic) bond motifs is 1. The highest BCUT2D eigenvalue weighted by molar-refractivity contribution is 6.52. The van der Waals surface area contributed by atoms with Crippen molar-refractivity contribution < 1.29 is 22.8 Å². The van der Waals surface area contributed by atoms with Gasteiger partial charge in [0.15, 0.2) is 0 Å². The molecular formula is C17H19F3N2O2. The number of benzene rings is 1. The lowest BCUT2D eigenvalue weighted by Gasteiger charge is -2.35. The Kier molecular flexibility index (Phi) is 4.15. The van der Waals surface area contributed by atoms with Gasteiger partial charge in [0.25, 0.3) is 5.78 Å². The summed E-state index contributed by atoms with van der Waals surface area (Å²) >= 11 is 0. The van der Waals surface area contributed by atoms with E-state index >= 15 is 0 Å². The van der Waals surface area contributed by atoms with Crippen molar-refractivity contribution in [2.75, 3.05) is 24.7 Å². The highest BCUT2D eigenvalue weighted by atomic mass is 19.4. The topological polar surface area (TPSA) is 40.6 Å². The summed E-state index contributed by atoms with van der Waals surface area (Å²) in [6.07, 6.45) is -3.68. The van der Waals surface area contributed by atoms with Crippen LogP contribution in [-0.4, -0.2) is 42.5 Å². The van der Waals surface area contributed by atoms with Gasteiger partial charge in [-0.3, -0.25) is 19.4 Å². The number of hydrogen-bond donors (Lipinski definition) is 0. The van der Waals surface area contributed by atoms with Crippen molar-refractivity contribution in [3.05, 3.63) is 28.8 Å². The fraction of sp³-hybridized carbons (Fsp3) is 0.529. The zero-order valence-electron chi connectivity index (χ0n) is 13.6. The van der Waals surface area contributed by atoms with E-state index in [0.29, 0.717) is 24.2 Å². The number of amides is 1. The number of piperidine rings is 1. The van der Waals surface area contributed by atoms with Crippen molar-refractivity contribution >= 4 is 17.4 Å². The number of aryl methyl sites for hydroxylation is 2. The molecule has 2 aliphatic rings. The number of anilines is 1. The van der Waals surface area contributed by atoms with Crippen LogP contribution < -0.4 is 4.90 Å². The minimum Gasteiger partial charge on any atom is -0.291 e. The normalized spacial score (nSPS) is 22.2. The number of Topliss-reactive ketones (excluding diaryl/α,β-unsaturated/α-hetero) is 1. The van der Waals surface area contributed by atoms with Crippen LogP contribution in [-0.2, 0) is 4.79 Å². The van der Waals surface area contributed by atoms with Crippen LogP contribution in [0.15, 0.2) is 12.1 Å². The van der Waals surface area contributed by atoms with Crippen molar-refractivity contribution in [1.82, 2.24) is 4.90 Å². The van der Waals surface area contributed by atoms with E-state index in [1.165, 1.54) is 4.90 Å². The molecule has 2 aliphatic heterocycles. The lowest BCUT2D eigenvalue weighted by Crippen LogP contribution is -2.48. The summed E-state index contributed by atoms with van der Waals surface area (Å²) < 4.78 is 38.9. The molecule has 1 amide bonds. The summed E-state index contributed by atoms with van der Waals surface area (Å²) in [4.78, 5) is 27.4. The van der Waals surface area contributed by atoms with Crippen molar-refractivity contribution in [2.24, 2.45) is 5.92 Å². The van der Waals surface area contributed by atoms with E-state index in [-0.39, 0.29) is 19.6 Å². The predicted octanol–water partition coefficient (Wildman–Crippen LogP) is 3.06. The number of carbonyl (C=O) groups is 2. The van der Waals surface area contributed by atoms with Crippen LogP contribution in [0, 0.1) is 19.8 Å². The van der Waals surface area contributed by atoms with E-state index < -0.39 is 23.8 Å². The Labute approximate surface area is 138 Å². The molecule has 4 nitrogen and oxygen atoms in total. The van der Waals surface area contributed by atoms with Crippen molar-refractivity contribution in [3.63, 3.8) is 0 Å². The Hall–Kier alpha value is -1.89. The van der Waals surface area contributed by atoms with E-state index in [1.54, 1.807) is 17.9 Å². The average Bonchev–Trinajstić information content (AvgIpc) is 2.72. The van der Waals surface area contributed by atoms with Crippen molar-refractivity contribution in [3.8, 4) is 0 Å². The summed E-state index contributed by atoms with van der Waals surface area (Å²) in [5.41, 5.74) is 2.51. The fourth-order valence-corrected chi connectivity index (χ4v) is 3.58. The van der Waals surface area contributed by atoms with Crippen LogP contribution in [0.3, 0.4) is 0 Å². The van der Waals surface area contributed by atoms with Crippen LogP contribution in [0.2, 0.25) is 0 Å². The van der Waals surface area contributed by atoms with E-state index in [9.17, 15) is 22.8 Å². The van der Waals surface area contributed by atoms with Gasteiger partial charge in [-0.05, 0) is 50.4 Å². The number of halogens is 3. The van der Waals surface area contributed by atoms with Crippen LogP contribution in [0.5, 0.6) is 0 Å². The Bertz CT molecular complexity index is 700. The van der Waals surface area contributed by atoms with Gasteiger partial charge < -0.3 is 0 Å². The second-order valence-corrected chi connectivity index (χ2v) is 6.64. The quantitative estimate of drug-likeness (QED) is 0.777. The SMILES string of the molecule is Cc1cc(C)c2c(c1)N(CN1CCCC(C(F)(F)F)C1)C(=O)C2=O. The third kappa shape index (κ3) is 2.92. The molecule has 3 rings (SSSR count). The molecule has 1 saturated heterocycles. The summed E-state index contributed by atoms with van der Waals surface area (Å²) in [5.74, 6) is -2.61. The van der Waals surface area contributed by atoms with Crippen molar-refractivity contribution in [1.29, 1.82) is 0 Å². The highest BCUT2D eigenvalue weighted by Crippen LogP contribution is 2.35. The first-order chi connectivity index (χ1) is 11.2. The number of nitrogens with zero attached hydrogens (tertiary/aromatic N) is 2. The maximum atomic E-state index is 13.0. The number of ketones is 1. The molecule has 0 radical (unpaired) electrons. The summed E-state index contributed by atoms with van der Waals surface area (Å²) in [6, 6.07) is 3.57. The molecule has 24 heavy (non-hydrogen) atoms. The molecule has 130 valence electrons. The van der Waals surface area contributed by atoms with Crippen LogP contribution in [0.4, 0.5) is 18.9 Å². The van der Waals surface area contributed by atoms with Crippen molar-refractivity contribution in [2.45, 2.75) is 32.9 Å². The lowest BCUT2D eigenvalue weighted by atomic mass is 9.98. The van der Waals surface area contributed by atoms with Gasteiger partial charge in [-0.15, -0.1) is 0 Å². The van der Waals surface area contributed by atoms with Crippen LogP contribution in [0.25, 0.3) is 0 Å². The maximum absolute atomic E-state index is 13.0. The first kappa shape index (κ1) is 17.0. The average molecular weight is 340 g/mol. The number of likely N-dealkylation sites (tertiary alicyclic amines) is 1. The van der Waals surface area contributed by atoms with E-state index in [4.69, 9.17) is 0 Å². The molecule has 0 aliphatic carbocycles. The van der Waals surface area contributed by atoms with Gasteiger partial charge in [0, 0.05) is 6.54 Å². The Morgan fingerprint density at radius 2 is 1.92 bits per heavy atom. The molecule has 1 fully saturated rings. The van der Waals surface area contributed by atoms with E-state index in [2.05, 4.69) is 0 Å². The smallest absolute Gasteiger partial charge is 0.291 e. The number of hydrogen-bond acceptors (Lipinski definition) is 3. The Morgan fingerprint density at radius 3 is 2.58 bits per heavy atom. The molecule has 1 aromatic carbocycles. The number of alkyl halides is 3. The number of carbonyl (C=O) groups excluding carboxylic acids is 2. The molecule has 0 spiro atoms. The molecule has 0 N–H and O–H groups in total. The third-order valence-electron chi connectivity index (χ3n) is 4.73. The van der Waals surface area contributed by atoms with Gasteiger partial charge in [0.1, 0.15) is 0 Å². The second kappa shape index (κ2) is 5.88. The van der Waals surface area contributed by atoms with Gasteiger partial charge in [0.2, 0.25) is 0 Å². The van der Waals surface area contributed by atoms with Crippen LogP contribution in [0.1, 0.15) is 34.3 Å². The van der Waals surface area contributed by atoms with Crippen LogP contribution >= 0.6 is 0 Å². The minimum atomic E-state index is -4.23. The summed E-state index contributed by atoms with van der Waals surface area (Å²) in [7, 11) is 0. The predicted molar refractivity (Wildman–Crippen MR) is 83.0 cm³/mol. The fourth-order valence-electron chi connectivity index (χ4n) is 3.58. The Balaban J connectivity index is 1.84. The first-order valence-electron chi connectivity index (χ1n) is 7.95. The van der Waals surface area contributed by atoms with E-state index in [1.807, 2.05) is 13.0 Å². The van der Waals surface area contributed by atoms with Gasteiger partial charge >= 0.3 is 12.1 Å². The van der Waals surface area contributed by atoms with Gasteiger partial charge in [-0.2, -0.15) is 13.2 Å². The zero-order valence-corrected chi connectivity index (χ0v) is 13.6. The molecule has 1 atom stereocenters. The third-order valence-corrected chi connectivity index (χ3v) is 4.73. The summed E-state index contributed by atoms with van der Waals surface area (Å²) in [6.45, 7) is 4.00. The largest absolute Gasteiger partial charge is 0.393 e. The monoisotopic (exact) mass is 340 g/mol. The molecule has 1 aromatic rings. The highest BCUT2D eigenvalue weighted by Gasteiger charge is 2.43. The maximum Gasteiger partial charge on any atom is 0.393 e.